The summed E-state index contributed by atoms with van der Waals surface area (Å²) in [5.41, 5.74) is 7.99. The fraction of sp³-hybridized carbons (Fsp3) is 0.364. The number of nitrogens with two attached hydrogens (primary N) is 1. The number of carbonyl (C=O) groups excluding carboxylic acids is 1. The number of nitrogens with one attached hydrogen (secondary N) is 1. The zero-order valence-corrected chi connectivity index (χ0v) is 8.58. The van der Waals surface area contributed by atoms with Gasteiger partial charge in [0, 0.05) is 7.05 Å². The molecular formula is C11H16N2O. The van der Waals surface area contributed by atoms with Crippen LogP contribution in [0.4, 0.5) is 0 Å². The van der Waals surface area contributed by atoms with Crippen molar-refractivity contribution in [2.75, 3.05) is 7.05 Å². The monoisotopic (exact) mass is 192 g/mol. The van der Waals surface area contributed by atoms with Crippen molar-refractivity contribution in [3.8, 4) is 0 Å². The molecule has 0 aliphatic heterocycles. The molecule has 1 atom stereocenters. The molecule has 0 unspecified atom stereocenters. The molecule has 3 N–H and O–H groups in total. The first-order valence-electron chi connectivity index (χ1n) is 4.66. The van der Waals surface area contributed by atoms with Crippen molar-refractivity contribution in [2.24, 2.45) is 5.73 Å². The summed E-state index contributed by atoms with van der Waals surface area (Å²) in [6.07, 6.45) is 0.583. The summed E-state index contributed by atoms with van der Waals surface area (Å²) in [6.45, 7) is 2.03. The predicted octanol–water partition coefficient (Wildman–Crippen LogP) is 0.611. The standard InChI is InChI=1S/C11H16N2O/c1-8-3-5-9(6-4-8)7-10(12)11(14)13-2/h3-6,10H,7,12H2,1-2H3,(H,13,14)/t10-/m1/s1. The summed E-state index contributed by atoms with van der Waals surface area (Å²) in [5.74, 6) is -0.120. The number of carbonyl (C=O) groups is 1. The molecule has 1 amide bonds. The van der Waals surface area contributed by atoms with Gasteiger partial charge < -0.3 is 11.1 Å². The Labute approximate surface area is 84.3 Å². The Balaban J connectivity index is 2.60. The van der Waals surface area contributed by atoms with Gasteiger partial charge in [-0.05, 0) is 18.9 Å². The molecule has 1 aromatic rings. The van der Waals surface area contributed by atoms with Gasteiger partial charge >= 0.3 is 0 Å². The van der Waals surface area contributed by atoms with Crippen molar-refractivity contribution >= 4 is 5.91 Å². The van der Waals surface area contributed by atoms with Crippen LogP contribution in [0.3, 0.4) is 0 Å². The van der Waals surface area contributed by atoms with Crippen LogP contribution in [0.5, 0.6) is 0 Å². The molecule has 0 aromatic heterocycles. The lowest BCUT2D eigenvalue weighted by atomic mass is 10.0. The van der Waals surface area contributed by atoms with E-state index in [4.69, 9.17) is 5.73 Å². The Morgan fingerprint density at radius 1 is 1.43 bits per heavy atom. The van der Waals surface area contributed by atoms with Gasteiger partial charge in [0.05, 0.1) is 6.04 Å². The maximum atomic E-state index is 11.1. The molecule has 0 aliphatic rings. The number of likely N-dealkylation sites (N-methyl/N-ethyl adjacent to an activating group) is 1. The van der Waals surface area contributed by atoms with E-state index in [1.165, 1.54) is 5.56 Å². The van der Waals surface area contributed by atoms with Crippen molar-refractivity contribution in [3.63, 3.8) is 0 Å². The smallest absolute Gasteiger partial charge is 0.237 e. The summed E-state index contributed by atoms with van der Waals surface area (Å²) in [6, 6.07) is 7.58. The zero-order chi connectivity index (χ0) is 10.6. The zero-order valence-electron chi connectivity index (χ0n) is 8.58. The van der Waals surface area contributed by atoms with Crippen LogP contribution in [0.1, 0.15) is 11.1 Å². The summed E-state index contributed by atoms with van der Waals surface area (Å²) >= 11 is 0. The molecule has 1 aromatic carbocycles. The highest BCUT2D eigenvalue weighted by atomic mass is 16.2. The molecule has 0 heterocycles. The van der Waals surface area contributed by atoms with Crippen molar-refractivity contribution < 1.29 is 4.79 Å². The Bertz CT molecular complexity index is 306. The van der Waals surface area contributed by atoms with Crippen molar-refractivity contribution in [1.29, 1.82) is 0 Å². The van der Waals surface area contributed by atoms with Crippen LogP contribution in [0.15, 0.2) is 24.3 Å². The van der Waals surface area contributed by atoms with Gasteiger partial charge in [0.25, 0.3) is 0 Å². The predicted molar refractivity (Wildman–Crippen MR) is 56.9 cm³/mol. The van der Waals surface area contributed by atoms with Gasteiger partial charge in [0.15, 0.2) is 0 Å². The molecule has 0 fully saturated rings. The maximum absolute atomic E-state index is 11.1. The lowest BCUT2D eigenvalue weighted by Gasteiger charge is -2.09. The third-order valence-electron chi connectivity index (χ3n) is 2.16. The number of hydrogen-bond acceptors (Lipinski definition) is 2. The average Bonchev–Trinajstić information content (AvgIpc) is 2.20. The van der Waals surface area contributed by atoms with E-state index >= 15 is 0 Å². The molecule has 0 aliphatic carbocycles. The fourth-order valence-electron chi connectivity index (χ4n) is 1.26. The van der Waals surface area contributed by atoms with E-state index in [9.17, 15) is 4.79 Å². The van der Waals surface area contributed by atoms with Crippen LogP contribution in [0.25, 0.3) is 0 Å². The number of rotatable bonds is 3. The Hall–Kier alpha value is -1.35. The highest BCUT2D eigenvalue weighted by Gasteiger charge is 2.11. The quantitative estimate of drug-likeness (QED) is 0.737. The first kappa shape index (κ1) is 10.7. The van der Waals surface area contributed by atoms with Gasteiger partial charge in [-0.3, -0.25) is 4.79 Å². The van der Waals surface area contributed by atoms with Crippen molar-refractivity contribution in [2.45, 2.75) is 19.4 Å². The lowest BCUT2D eigenvalue weighted by Crippen LogP contribution is -2.40. The van der Waals surface area contributed by atoms with E-state index in [2.05, 4.69) is 5.32 Å². The second-order valence-corrected chi connectivity index (χ2v) is 3.41. The average molecular weight is 192 g/mol. The largest absolute Gasteiger partial charge is 0.358 e. The number of aryl methyl sites for hydroxylation is 1. The van der Waals surface area contributed by atoms with Crippen molar-refractivity contribution in [3.05, 3.63) is 35.4 Å². The number of amides is 1. The first-order valence-corrected chi connectivity index (χ1v) is 4.66. The minimum atomic E-state index is -0.456. The summed E-state index contributed by atoms with van der Waals surface area (Å²) in [7, 11) is 1.59. The maximum Gasteiger partial charge on any atom is 0.237 e. The van der Waals surface area contributed by atoms with Crippen molar-refractivity contribution in [1.82, 2.24) is 5.32 Å². The van der Waals surface area contributed by atoms with Gasteiger partial charge in [0.1, 0.15) is 0 Å². The Morgan fingerprint density at radius 3 is 2.50 bits per heavy atom. The van der Waals surface area contributed by atoms with Gasteiger partial charge in [-0.15, -0.1) is 0 Å². The molecule has 0 saturated heterocycles. The molecule has 14 heavy (non-hydrogen) atoms. The summed E-state index contributed by atoms with van der Waals surface area (Å²) < 4.78 is 0. The Morgan fingerprint density at radius 2 is 2.00 bits per heavy atom. The van der Waals surface area contributed by atoms with Gasteiger partial charge in [-0.25, -0.2) is 0 Å². The molecular weight excluding hydrogens is 176 g/mol. The van der Waals surface area contributed by atoms with Crippen LogP contribution in [0, 0.1) is 6.92 Å². The normalized spacial score (nSPS) is 12.2. The number of hydrogen-bond donors (Lipinski definition) is 2. The SMILES string of the molecule is CNC(=O)[C@H](N)Cc1ccc(C)cc1. The highest BCUT2D eigenvalue weighted by molar-refractivity contribution is 5.81. The van der Waals surface area contributed by atoms with E-state index in [0.29, 0.717) is 6.42 Å². The van der Waals surface area contributed by atoms with E-state index in [1.807, 2.05) is 31.2 Å². The first-order chi connectivity index (χ1) is 6.63. The molecule has 0 bridgehead atoms. The Kier molecular flexibility index (Phi) is 3.65. The van der Waals surface area contributed by atoms with Crippen LogP contribution in [-0.4, -0.2) is 19.0 Å². The second kappa shape index (κ2) is 4.77. The molecule has 0 saturated carbocycles. The van der Waals surface area contributed by atoms with Crippen LogP contribution in [-0.2, 0) is 11.2 Å². The van der Waals surface area contributed by atoms with Crippen LogP contribution >= 0.6 is 0 Å². The van der Waals surface area contributed by atoms with Crippen LogP contribution < -0.4 is 11.1 Å². The van der Waals surface area contributed by atoms with E-state index in [0.717, 1.165) is 5.56 Å². The van der Waals surface area contributed by atoms with E-state index in [1.54, 1.807) is 7.05 Å². The molecule has 0 spiro atoms. The van der Waals surface area contributed by atoms with Crippen LogP contribution in [0.2, 0.25) is 0 Å². The third kappa shape index (κ3) is 2.85. The second-order valence-electron chi connectivity index (χ2n) is 3.41. The highest BCUT2D eigenvalue weighted by Crippen LogP contribution is 2.05. The minimum absolute atomic E-state index is 0.120. The summed E-state index contributed by atoms with van der Waals surface area (Å²) in [5, 5.41) is 2.53. The van der Waals surface area contributed by atoms with E-state index < -0.39 is 6.04 Å². The molecule has 3 nitrogen and oxygen atoms in total. The lowest BCUT2D eigenvalue weighted by molar-refractivity contribution is -0.121. The molecule has 3 heteroatoms. The fourth-order valence-corrected chi connectivity index (χ4v) is 1.26. The topological polar surface area (TPSA) is 55.1 Å². The van der Waals surface area contributed by atoms with E-state index in [-0.39, 0.29) is 5.91 Å². The number of benzene rings is 1. The summed E-state index contributed by atoms with van der Waals surface area (Å²) in [4.78, 5) is 11.1. The third-order valence-corrected chi connectivity index (χ3v) is 2.16. The minimum Gasteiger partial charge on any atom is -0.358 e. The molecule has 0 radical (unpaired) electrons. The van der Waals surface area contributed by atoms with Gasteiger partial charge in [-0.1, -0.05) is 29.8 Å². The molecule has 76 valence electrons. The molecule has 1 rings (SSSR count). The van der Waals surface area contributed by atoms with Gasteiger partial charge in [0.2, 0.25) is 5.91 Å². The van der Waals surface area contributed by atoms with Gasteiger partial charge in [-0.2, -0.15) is 0 Å².